The van der Waals surface area contributed by atoms with Gasteiger partial charge in [0.15, 0.2) is 11.5 Å². The van der Waals surface area contributed by atoms with Crippen molar-refractivity contribution in [3.8, 4) is 17.2 Å². The number of rotatable bonds is 5. The van der Waals surface area contributed by atoms with E-state index in [9.17, 15) is 0 Å². The van der Waals surface area contributed by atoms with E-state index >= 15 is 0 Å². The molecule has 0 saturated carbocycles. The fourth-order valence-corrected chi connectivity index (χ4v) is 3.06. The van der Waals surface area contributed by atoms with Crippen molar-refractivity contribution >= 4 is 11.6 Å². The third-order valence-corrected chi connectivity index (χ3v) is 4.48. The summed E-state index contributed by atoms with van der Waals surface area (Å²) in [6.07, 6.45) is 2.08. The van der Waals surface area contributed by atoms with E-state index in [4.69, 9.17) is 14.2 Å². The lowest BCUT2D eigenvalue weighted by Gasteiger charge is -2.24. The van der Waals surface area contributed by atoms with Crippen LogP contribution in [0, 0.1) is 0 Å². The number of aromatic nitrogens is 4. The molecule has 8 nitrogen and oxygen atoms in total. The average Bonchev–Trinajstić information content (AvgIpc) is 3.21. The molecule has 0 fully saturated rings. The summed E-state index contributed by atoms with van der Waals surface area (Å²) in [5, 5.41) is 15.3. The Balaban J connectivity index is 1.76. The number of nitrogens with one attached hydrogen (secondary N) is 1. The standard InChI is InChI=1S/C19H19N5O3/c1-25-14-7-4-12(5-8-14)16-11-15(20-19-21-22-23-24(16)19)13-6-9-17(26-2)18(10-13)27-3/h4-11,16H,1-3H3,(H,20,21,23)/t16-/m1/s1. The molecule has 0 unspecified atom stereocenters. The molecule has 0 bridgehead atoms. The average molecular weight is 365 g/mol. The Morgan fingerprint density at radius 1 is 0.926 bits per heavy atom. The molecule has 138 valence electrons. The Morgan fingerprint density at radius 2 is 1.70 bits per heavy atom. The van der Waals surface area contributed by atoms with E-state index < -0.39 is 0 Å². The summed E-state index contributed by atoms with van der Waals surface area (Å²) in [6, 6.07) is 13.5. The third-order valence-electron chi connectivity index (χ3n) is 4.48. The Bertz CT molecular complexity index is 981. The molecule has 1 atom stereocenters. The molecule has 27 heavy (non-hydrogen) atoms. The molecule has 0 saturated heterocycles. The predicted molar refractivity (Wildman–Crippen MR) is 100 cm³/mol. The topological polar surface area (TPSA) is 83.3 Å². The lowest BCUT2D eigenvalue weighted by Crippen LogP contribution is -2.20. The van der Waals surface area contributed by atoms with Crippen LogP contribution >= 0.6 is 0 Å². The summed E-state index contributed by atoms with van der Waals surface area (Å²) >= 11 is 0. The molecule has 3 aromatic rings. The van der Waals surface area contributed by atoms with Gasteiger partial charge in [0.25, 0.3) is 0 Å². The first-order valence-corrected chi connectivity index (χ1v) is 8.36. The number of benzene rings is 2. The van der Waals surface area contributed by atoms with Crippen LogP contribution in [0.3, 0.4) is 0 Å². The first-order valence-electron chi connectivity index (χ1n) is 8.36. The summed E-state index contributed by atoms with van der Waals surface area (Å²) < 4.78 is 17.7. The normalized spacial score (nSPS) is 15.4. The second-order valence-electron chi connectivity index (χ2n) is 5.94. The van der Waals surface area contributed by atoms with Gasteiger partial charge in [0.05, 0.1) is 21.3 Å². The van der Waals surface area contributed by atoms with Crippen LogP contribution in [0.25, 0.3) is 5.70 Å². The van der Waals surface area contributed by atoms with Crippen LogP contribution < -0.4 is 19.5 Å². The van der Waals surface area contributed by atoms with Gasteiger partial charge in [-0.15, -0.1) is 0 Å². The molecule has 0 aliphatic carbocycles. The van der Waals surface area contributed by atoms with Gasteiger partial charge >= 0.3 is 0 Å². The fourth-order valence-electron chi connectivity index (χ4n) is 3.06. The highest BCUT2D eigenvalue weighted by atomic mass is 16.5. The van der Waals surface area contributed by atoms with Crippen LogP contribution in [0.15, 0.2) is 48.5 Å². The van der Waals surface area contributed by atoms with Gasteiger partial charge in [0.1, 0.15) is 11.8 Å². The smallest absolute Gasteiger partial charge is 0.248 e. The fraction of sp³-hybridized carbons (Fsp3) is 0.211. The van der Waals surface area contributed by atoms with E-state index in [1.807, 2.05) is 42.5 Å². The first-order chi connectivity index (χ1) is 13.2. The monoisotopic (exact) mass is 365 g/mol. The van der Waals surface area contributed by atoms with E-state index in [2.05, 4.69) is 26.9 Å². The van der Waals surface area contributed by atoms with Gasteiger partial charge in [-0.05, 0) is 52.4 Å². The maximum absolute atomic E-state index is 5.42. The molecule has 1 aliphatic rings. The zero-order valence-electron chi connectivity index (χ0n) is 15.2. The number of hydrogen-bond acceptors (Lipinski definition) is 7. The number of fused-ring (bicyclic) bond motifs is 1. The lowest BCUT2D eigenvalue weighted by atomic mass is 10.0. The summed E-state index contributed by atoms with van der Waals surface area (Å²) in [7, 11) is 4.88. The van der Waals surface area contributed by atoms with E-state index in [-0.39, 0.29) is 6.04 Å². The van der Waals surface area contributed by atoms with Crippen molar-refractivity contribution in [3.63, 3.8) is 0 Å². The second-order valence-corrected chi connectivity index (χ2v) is 5.94. The highest BCUT2D eigenvalue weighted by Crippen LogP contribution is 2.35. The van der Waals surface area contributed by atoms with Crippen molar-refractivity contribution in [3.05, 3.63) is 59.7 Å². The molecule has 2 aromatic carbocycles. The molecular formula is C19H19N5O3. The molecule has 8 heteroatoms. The van der Waals surface area contributed by atoms with E-state index in [0.29, 0.717) is 17.4 Å². The van der Waals surface area contributed by atoms with Gasteiger partial charge in [-0.2, -0.15) is 4.68 Å². The molecule has 1 aliphatic heterocycles. The van der Waals surface area contributed by atoms with Crippen molar-refractivity contribution in [2.45, 2.75) is 6.04 Å². The quantitative estimate of drug-likeness (QED) is 0.744. The lowest BCUT2D eigenvalue weighted by molar-refractivity contribution is 0.355. The van der Waals surface area contributed by atoms with Crippen molar-refractivity contribution in [2.75, 3.05) is 26.6 Å². The Hall–Kier alpha value is -3.55. The molecule has 0 amide bonds. The molecule has 0 radical (unpaired) electrons. The summed E-state index contributed by atoms with van der Waals surface area (Å²) in [6.45, 7) is 0. The minimum absolute atomic E-state index is 0.148. The zero-order valence-corrected chi connectivity index (χ0v) is 15.2. The van der Waals surface area contributed by atoms with Gasteiger partial charge in [-0.3, -0.25) is 0 Å². The SMILES string of the molecule is COc1ccc([C@H]2C=C(c3ccc(OC)c(OC)c3)Nc3nnnn32)cc1. The molecule has 1 aromatic heterocycles. The van der Waals surface area contributed by atoms with Crippen molar-refractivity contribution in [1.82, 2.24) is 20.2 Å². The van der Waals surface area contributed by atoms with E-state index in [1.54, 1.807) is 26.0 Å². The minimum Gasteiger partial charge on any atom is -0.497 e. The highest BCUT2D eigenvalue weighted by molar-refractivity contribution is 5.78. The molecule has 0 spiro atoms. The van der Waals surface area contributed by atoms with Gasteiger partial charge in [0.2, 0.25) is 5.95 Å². The maximum Gasteiger partial charge on any atom is 0.248 e. The van der Waals surface area contributed by atoms with Crippen LogP contribution in [0.5, 0.6) is 17.2 Å². The number of nitrogens with zero attached hydrogens (tertiary/aromatic N) is 4. The van der Waals surface area contributed by atoms with Crippen molar-refractivity contribution in [2.24, 2.45) is 0 Å². The number of hydrogen-bond donors (Lipinski definition) is 1. The second kappa shape index (κ2) is 6.99. The van der Waals surface area contributed by atoms with Crippen LogP contribution in [0.2, 0.25) is 0 Å². The number of tetrazole rings is 1. The van der Waals surface area contributed by atoms with Crippen LogP contribution in [0.4, 0.5) is 5.95 Å². The largest absolute Gasteiger partial charge is 0.497 e. The van der Waals surface area contributed by atoms with Gasteiger partial charge in [-0.25, -0.2) is 0 Å². The van der Waals surface area contributed by atoms with E-state index in [1.165, 1.54) is 0 Å². The molecule has 1 N–H and O–H groups in total. The van der Waals surface area contributed by atoms with Gasteiger partial charge < -0.3 is 19.5 Å². The van der Waals surface area contributed by atoms with E-state index in [0.717, 1.165) is 22.6 Å². The maximum atomic E-state index is 5.42. The first kappa shape index (κ1) is 16.9. The summed E-state index contributed by atoms with van der Waals surface area (Å²) in [5.41, 5.74) is 2.88. The minimum atomic E-state index is -0.148. The molecule has 4 rings (SSSR count). The Labute approximate surface area is 156 Å². The number of allylic oxidation sites excluding steroid dienone is 1. The molecular weight excluding hydrogens is 346 g/mol. The van der Waals surface area contributed by atoms with Crippen molar-refractivity contribution in [1.29, 1.82) is 0 Å². The Kier molecular flexibility index (Phi) is 4.37. The highest BCUT2D eigenvalue weighted by Gasteiger charge is 2.24. The number of ether oxygens (including phenoxy) is 3. The van der Waals surface area contributed by atoms with Crippen LogP contribution in [-0.4, -0.2) is 41.5 Å². The number of anilines is 1. The van der Waals surface area contributed by atoms with Crippen LogP contribution in [0.1, 0.15) is 17.2 Å². The zero-order chi connectivity index (χ0) is 18.8. The summed E-state index contributed by atoms with van der Waals surface area (Å²) in [5.74, 6) is 2.70. The van der Waals surface area contributed by atoms with Gasteiger partial charge in [-0.1, -0.05) is 17.2 Å². The summed E-state index contributed by atoms with van der Waals surface area (Å²) in [4.78, 5) is 0. The van der Waals surface area contributed by atoms with Crippen LogP contribution in [-0.2, 0) is 0 Å². The number of methoxy groups -OCH3 is 3. The predicted octanol–water partition coefficient (Wildman–Crippen LogP) is 2.75. The Morgan fingerprint density at radius 3 is 2.41 bits per heavy atom. The third kappa shape index (κ3) is 3.05. The molecule has 2 heterocycles. The van der Waals surface area contributed by atoms with Crippen molar-refractivity contribution < 1.29 is 14.2 Å². The van der Waals surface area contributed by atoms with Gasteiger partial charge in [0, 0.05) is 11.3 Å².